The molecule has 0 saturated heterocycles. The van der Waals surface area contributed by atoms with Gasteiger partial charge in [-0.25, -0.2) is 0 Å². The van der Waals surface area contributed by atoms with Crippen molar-refractivity contribution >= 4 is 0 Å². The average Bonchev–Trinajstić information content (AvgIpc) is 2.58. The molecule has 22 heavy (non-hydrogen) atoms. The third-order valence-electron chi connectivity index (χ3n) is 4.55. The fourth-order valence-corrected chi connectivity index (χ4v) is 3.31. The van der Waals surface area contributed by atoms with E-state index in [1.165, 1.54) is 0 Å². The van der Waals surface area contributed by atoms with Gasteiger partial charge in [0.05, 0.1) is 11.6 Å². The Bertz CT molecular complexity index is 677. The summed E-state index contributed by atoms with van der Waals surface area (Å²) in [6, 6.07) is 18.2. The van der Waals surface area contributed by atoms with Gasteiger partial charge in [0.15, 0.2) is 0 Å². The standard InChI is InChI=1S/C18H19N3O/c19-21-20-18(13-5-4-8-17(18)22)16-11-9-15(10-12-16)14-6-2-1-3-7-14/h1-3,6-7,9-12,17,22H,4-5,8,13H2. The lowest BCUT2D eigenvalue weighted by atomic mass is 9.75. The van der Waals surface area contributed by atoms with Gasteiger partial charge in [-0.3, -0.25) is 0 Å². The fourth-order valence-electron chi connectivity index (χ4n) is 3.31. The second-order valence-electron chi connectivity index (χ2n) is 5.82. The summed E-state index contributed by atoms with van der Waals surface area (Å²) >= 11 is 0. The van der Waals surface area contributed by atoms with Crippen LogP contribution in [0.15, 0.2) is 59.7 Å². The van der Waals surface area contributed by atoms with Crippen molar-refractivity contribution in [3.63, 3.8) is 0 Å². The Morgan fingerprint density at radius 2 is 1.68 bits per heavy atom. The maximum Gasteiger partial charge on any atom is 0.0996 e. The Morgan fingerprint density at radius 3 is 2.32 bits per heavy atom. The van der Waals surface area contributed by atoms with E-state index >= 15 is 0 Å². The Hall–Kier alpha value is -2.29. The van der Waals surface area contributed by atoms with Gasteiger partial charge in [-0.15, -0.1) is 0 Å². The summed E-state index contributed by atoms with van der Waals surface area (Å²) in [7, 11) is 0. The largest absolute Gasteiger partial charge is 0.392 e. The Morgan fingerprint density at radius 1 is 1.00 bits per heavy atom. The molecular formula is C18H19N3O. The summed E-state index contributed by atoms with van der Waals surface area (Å²) in [5, 5.41) is 14.4. The third kappa shape index (κ3) is 2.59. The molecule has 0 amide bonds. The highest BCUT2D eigenvalue weighted by molar-refractivity contribution is 5.63. The molecule has 2 atom stereocenters. The van der Waals surface area contributed by atoms with E-state index in [0.29, 0.717) is 12.8 Å². The molecule has 4 nitrogen and oxygen atoms in total. The van der Waals surface area contributed by atoms with Crippen molar-refractivity contribution in [1.29, 1.82) is 0 Å². The highest BCUT2D eigenvalue weighted by Crippen LogP contribution is 2.41. The first kappa shape index (κ1) is 14.6. The molecule has 0 spiro atoms. The molecule has 2 aromatic rings. The molecule has 1 fully saturated rings. The predicted octanol–water partition coefficient (Wildman–Crippen LogP) is 4.79. The van der Waals surface area contributed by atoms with E-state index in [1.54, 1.807) is 0 Å². The van der Waals surface area contributed by atoms with Crippen LogP contribution in [0.4, 0.5) is 0 Å². The number of aliphatic hydroxyl groups excluding tert-OH is 1. The van der Waals surface area contributed by atoms with Crippen LogP contribution in [0.3, 0.4) is 0 Å². The van der Waals surface area contributed by atoms with Crippen LogP contribution < -0.4 is 0 Å². The lowest BCUT2D eigenvalue weighted by Crippen LogP contribution is -2.40. The first-order valence-electron chi connectivity index (χ1n) is 7.66. The van der Waals surface area contributed by atoms with Crippen molar-refractivity contribution in [1.82, 2.24) is 0 Å². The number of hydrogen-bond acceptors (Lipinski definition) is 2. The van der Waals surface area contributed by atoms with Gasteiger partial charge in [-0.05, 0) is 35.1 Å². The van der Waals surface area contributed by atoms with Crippen LogP contribution in [-0.4, -0.2) is 11.2 Å². The zero-order valence-electron chi connectivity index (χ0n) is 12.4. The van der Waals surface area contributed by atoms with Gasteiger partial charge in [0.25, 0.3) is 0 Å². The van der Waals surface area contributed by atoms with Crippen molar-refractivity contribution in [2.24, 2.45) is 5.11 Å². The number of rotatable bonds is 3. The summed E-state index contributed by atoms with van der Waals surface area (Å²) < 4.78 is 0. The first-order chi connectivity index (χ1) is 10.8. The minimum atomic E-state index is -0.817. The molecule has 0 bridgehead atoms. The number of benzene rings is 2. The van der Waals surface area contributed by atoms with E-state index in [-0.39, 0.29) is 0 Å². The van der Waals surface area contributed by atoms with Crippen molar-refractivity contribution in [2.45, 2.75) is 37.3 Å². The normalized spacial score (nSPS) is 24.5. The molecule has 0 aromatic heterocycles. The first-order valence-corrected chi connectivity index (χ1v) is 7.66. The molecule has 0 heterocycles. The molecule has 1 saturated carbocycles. The van der Waals surface area contributed by atoms with Crippen molar-refractivity contribution in [3.8, 4) is 11.1 Å². The molecule has 2 unspecified atom stereocenters. The number of azide groups is 1. The van der Waals surface area contributed by atoms with Gasteiger partial charge >= 0.3 is 0 Å². The van der Waals surface area contributed by atoms with Crippen molar-refractivity contribution in [3.05, 3.63) is 70.6 Å². The topological polar surface area (TPSA) is 69.0 Å². The van der Waals surface area contributed by atoms with Crippen LogP contribution in [0.25, 0.3) is 21.6 Å². The molecule has 1 aliphatic carbocycles. The molecular weight excluding hydrogens is 274 g/mol. The maximum atomic E-state index is 10.4. The van der Waals surface area contributed by atoms with E-state index in [0.717, 1.165) is 29.5 Å². The van der Waals surface area contributed by atoms with E-state index in [2.05, 4.69) is 22.2 Å². The molecule has 112 valence electrons. The van der Waals surface area contributed by atoms with E-state index in [1.807, 2.05) is 42.5 Å². The highest BCUT2D eigenvalue weighted by atomic mass is 16.3. The van der Waals surface area contributed by atoms with E-state index in [9.17, 15) is 5.11 Å². The highest BCUT2D eigenvalue weighted by Gasteiger charge is 2.40. The molecule has 0 aliphatic heterocycles. The van der Waals surface area contributed by atoms with Crippen LogP contribution in [-0.2, 0) is 5.54 Å². The summed E-state index contributed by atoms with van der Waals surface area (Å²) in [4.78, 5) is 3.00. The maximum absolute atomic E-state index is 10.4. The van der Waals surface area contributed by atoms with Crippen LogP contribution in [0.2, 0.25) is 0 Å². The van der Waals surface area contributed by atoms with Crippen LogP contribution in [0.1, 0.15) is 31.2 Å². The summed E-state index contributed by atoms with van der Waals surface area (Å²) in [5.41, 5.74) is 11.3. The van der Waals surface area contributed by atoms with E-state index < -0.39 is 11.6 Å². The van der Waals surface area contributed by atoms with Gasteiger partial charge in [0.1, 0.15) is 0 Å². The smallest absolute Gasteiger partial charge is 0.0996 e. The Kier molecular flexibility index (Phi) is 4.14. The molecule has 4 heteroatoms. The lowest BCUT2D eigenvalue weighted by molar-refractivity contribution is 0.0453. The molecule has 2 aromatic carbocycles. The summed E-state index contributed by atoms with van der Waals surface area (Å²) in [6.45, 7) is 0. The minimum absolute atomic E-state index is 0.611. The summed E-state index contributed by atoms with van der Waals surface area (Å²) in [6.07, 6.45) is 2.71. The number of hydrogen-bond donors (Lipinski definition) is 1. The SMILES string of the molecule is [N-]=[N+]=NC1(c2ccc(-c3ccccc3)cc2)CCCCC1O. The van der Waals surface area contributed by atoms with Crippen LogP contribution >= 0.6 is 0 Å². The average molecular weight is 293 g/mol. The third-order valence-corrected chi connectivity index (χ3v) is 4.55. The fraction of sp³-hybridized carbons (Fsp3) is 0.333. The van der Waals surface area contributed by atoms with Gasteiger partial charge in [0.2, 0.25) is 0 Å². The van der Waals surface area contributed by atoms with Crippen LogP contribution in [0.5, 0.6) is 0 Å². The second kappa shape index (κ2) is 6.22. The van der Waals surface area contributed by atoms with Gasteiger partial charge < -0.3 is 5.11 Å². The quantitative estimate of drug-likeness (QED) is 0.493. The predicted molar refractivity (Wildman–Crippen MR) is 87.2 cm³/mol. The van der Waals surface area contributed by atoms with Gasteiger partial charge in [0, 0.05) is 4.91 Å². The van der Waals surface area contributed by atoms with Crippen LogP contribution in [0, 0.1) is 0 Å². The number of aliphatic hydroxyl groups is 1. The number of nitrogens with zero attached hydrogens (tertiary/aromatic N) is 3. The molecule has 1 aliphatic rings. The Labute approximate surface area is 130 Å². The van der Waals surface area contributed by atoms with Crippen molar-refractivity contribution in [2.75, 3.05) is 0 Å². The summed E-state index contributed by atoms with van der Waals surface area (Å²) in [5.74, 6) is 0. The molecule has 1 N–H and O–H groups in total. The molecule has 3 rings (SSSR count). The Balaban J connectivity index is 1.98. The second-order valence-corrected chi connectivity index (χ2v) is 5.82. The lowest BCUT2D eigenvalue weighted by Gasteiger charge is -2.38. The monoisotopic (exact) mass is 293 g/mol. The molecule has 0 radical (unpaired) electrons. The zero-order valence-corrected chi connectivity index (χ0v) is 12.4. The van der Waals surface area contributed by atoms with Gasteiger partial charge in [-0.1, -0.05) is 72.6 Å². The van der Waals surface area contributed by atoms with E-state index in [4.69, 9.17) is 5.53 Å². The van der Waals surface area contributed by atoms with Gasteiger partial charge in [-0.2, -0.15) is 0 Å². The van der Waals surface area contributed by atoms with Crippen molar-refractivity contribution < 1.29 is 5.11 Å². The zero-order chi connectivity index (χ0) is 15.4. The minimum Gasteiger partial charge on any atom is -0.392 e.